The summed E-state index contributed by atoms with van der Waals surface area (Å²) in [6.07, 6.45) is 5.92. The van der Waals surface area contributed by atoms with Crippen LogP contribution in [0.1, 0.15) is 54.7 Å². The fraction of sp³-hybridized carbons (Fsp3) is 0.579. The molecule has 1 unspecified atom stereocenters. The van der Waals surface area contributed by atoms with Gasteiger partial charge in [0, 0.05) is 43.0 Å². The lowest BCUT2D eigenvalue weighted by atomic mass is 9.82. The highest BCUT2D eigenvalue weighted by atomic mass is 16.2. The molecule has 3 rings (SSSR count). The van der Waals surface area contributed by atoms with E-state index in [0.29, 0.717) is 24.6 Å². The minimum atomic E-state index is -0.440. The lowest BCUT2D eigenvalue weighted by Gasteiger charge is -2.35. The molecule has 134 valence electrons. The summed E-state index contributed by atoms with van der Waals surface area (Å²) in [6.45, 7) is 5.98. The standard InChI is InChI=1S/C19H26N4O2/c1-12(14-3-5-23(6-4-14)19(25)13(2)20)7-18(24)17-8-15-9-21-10-16(15)11-22-17/h8-9,11-14H,3-7,10,20H2,1-2H3/t12?,13-/m0/s1. The van der Waals surface area contributed by atoms with Gasteiger partial charge in [0.15, 0.2) is 5.78 Å². The van der Waals surface area contributed by atoms with Crippen LogP contribution < -0.4 is 5.73 Å². The number of rotatable bonds is 5. The van der Waals surface area contributed by atoms with E-state index in [0.717, 1.165) is 37.1 Å². The Morgan fingerprint density at radius 2 is 2.04 bits per heavy atom. The molecular formula is C19H26N4O2. The molecule has 6 heteroatoms. The third-order valence-corrected chi connectivity index (χ3v) is 5.35. The predicted molar refractivity (Wildman–Crippen MR) is 96.6 cm³/mol. The van der Waals surface area contributed by atoms with Gasteiger partial charge >= 0.3 is 0 Å². The number of hydrogen-bond acceptors (Lipinski definition) is 5. The van der Waals surface area contributed by atoms with Crippen LogP contribution in [-0.4, -0.2) is 46.9 Å². The second-order valence-corrected chi connectivity index (χ2v) is 7.29. The molecule has 25 heavy (non-hydrogen) atoms. The number of carbonyl (C=O) groups is 2. The van der Waals surface area contributed by atoms with Crippen LogP contribution >= 0.6 is 0 Å². The normalized spacial score (nSPS) is 19.6. The minimum Gasteiger partial charge on any atom is -0.341 e. The largest absolute Gasteiger partial charge is 0.341 e. The summed E-state index contributed by atoms with van der Waals surface area (Å²) in [4.78, 5) is 34.9. The summed E-state index contributed by atoms with van der Waals surface area (Å²) in [5, 5.41) is 0. The smallest absolute Gasteiger partial charge is 0.239 e. The summed E-state index contributed by atoms with van der Waals surface area (Å²) < 4.78 is 0. The van der Waals surface area contributed by atoms with Crippen molar-refractivity contribution in [1.82, 2.24) is 9.88 Å². The van der Waals surface area contributed by atoms with Crippen molar-refractivity contribution in [2.45, 2.75) is 45.7 Å². The predicted octanol–water partition coefficient (Wildman–Crippen LogP) is 1.81. The molecule has 0 bridgehead atoms. The van der Waals surface area contributed by atoms with Crippen molar-refractivity contribution < 1.29 is 9.59 Å². The van der Waals surface area contributed by atoms with Gasteiger partial charge in [-0.3, -0.25) is 19.6 Å². The minimum absolute atomic E-state index is 0.0196. The van der Waals surface area contributed by atoms with E-state index in [-0.39, 0.29) is 17.6 Å². The molecule has 3 heterocycles. The first-order valence-electron chi connectivity index (χ1n) is 9.02. The zero-order valence-electron chi connectivity index (χ0n) is 14.9. The third-order valence-electron chi connectivity index (χ3n) is 5.35. The molecule has 1 aromatic rings. The number of aliphatic imine (C=N–C) groups is 1. The number of amides is 1. The number of hydrogen-bond donors (Lipinski definition) is 1. The van der Waals surface area contributed by atoms with Crippen LogP contribution in [-0.2, 0) is 11.3 Å². The molecule has 6 nitrogen and oxygen atoms in total. The average molecular weight is 342 g/mol. The van der Waals surface area contributed by atoms with Gasteiger partial charge in [0.2, 0.25) is 5.91 Å². The third kappa shape index (κ3) is 3.95. The Bertz CT molecular complexity index is 691. The summed E-state index contributed by atoms with van der Waals surface area (Å²) >= 11 is 0. The number of nitrogens with zero attached hydrogens (tertiary/aromatic N) is 3. The molecule has 0 saturated carbocycles. The van der Waals surface area contributed by atoms with Gasteiger partial charge in [-0.1, -0.05) is 6.92 Å². The molecule has 0 aliphatic carbocycles. The molecule has 2 N–H and O–H groups in total. The van der Waals surface area contributed by atoms with E-state index in [4.69, 9.17) is 5.73 Å². The Morgan fingerprint density at radius 3 is 2.72 bits per heavy atom. The van der Waals surface area contributed by atoms with Crippen molar-refractivity contribution in [3.05, 3.63) is 29.1 Å². The number of ketones is 1. The number of aromatic nitrogens is 1. The molecule has 2 aliphatic heterocycles. The summed E-state index contributed by atoms with van der Waals surface area (Å²) in [7, 11) is 0. The first-order chi connectivity index (χ1) is 12.0. The molecule has 0 spiro atoms. The maximum atomic E-state index is 12.6. The van der Waals surface area contributed by atoms with E-state index in [1.165, 1.54) is 0 Å². The van der Waals surface area contributed by atoms with Crippen LogP contribution in [0.3, 0.4) is 0 Å². The molecule has 1 aromatic heterocycles. The number of piperidine rings is 1. The number of pyridine rings is 1. The first-order valence-corrected chi connectivity index (χ1v) is 9.02. The van der Waals surface area contributed by atoms with Gasteiger partial charge in [-0.15, -0.1) is 0 Å². The summed E-state index contributed by atoms with van der Waals surface area (Å²) in [5.41, 5.74) is 8.30. The van der Waals surface area contributed by atoms with Crippen LogP contribution in [0.2, 0.25) is 0 Å². The lowest BCUT2D eigenvalue weighted by Crippen LogP contribution is -2.46. The zero-order valence-corrected chi connectivity index (χ0v) is 14.9. The number of likely N-dealkylation sites (tertiary alicyclic amines) is 1. The quantitative estimate of drug-likeness (QED) is 0.827. The molecule has 0 radical (unpaired) electrons. The highest BCUT2D eigenvalue weighted by molar-refractivity contribution is 5.96. The van der Waals surface area contributed by atoms with Crippen LogP contribution in [0, 0.1) is 11.8 Å². The SMILES string of the molecule is CC(CC(=O)c1cc2c(cn1)CN=C2)C1CCN(C(=O)[C@H](C)N)CC1. The average Bonchev–Trinajstić information content (AvgIpc) is 3.08. The number of carbonyl (C=O) groups excluding carboxylic acids is 2. The Labute approximate surface area is 148 Å². The van der Waals surface area contributed by atoms with E-state index in [1.54, 1.807) is 13.1 Å². The van der Waals surface area contributed by atoms with Gasteiger partial charge < -0.3 is 10.6 Å². The van der Waals surface area contributed by atoms with E-state index < -0.39 is 6.04 Å². The van der Waals surface area contributed by atoms with Crippen LogP contribution in [0.4, 0.5) is 0 Å². The van der Waals surface area contributed by atoms with Crippen molar-refractivity contribution in [1.29, 1.82) is 0 Å². The highest BCUT2D eigenvalue weighted by Gasteiger charge is 2.28. The fourth-order valence-corrected chi connectivity index (χ4v) is 3.69. The van der Waals surface area contributed by atoms with Gasteiger partial charge in [-0.25, -0.2) is 0 Å². The monoisotopic (exact) mass is 342 g/mol. The van der Waals surface area contributed by atoms with Crippen molar-refractivity contribution in [3.63, 3.8) is 0 Å². The van der Waals surface area contributed by atoms with Crippen molar-refractivity contribution in [3.8, 4) is 0 Å². The molecule has 2 aliphatic rings. The molecule has 0 aromatic carbocycles. The molecule has 1 saturated heterocycles. The highest BCUT2D eigenvalue weighted by Crippen LogP contribution is 2.28. The van der Waals surface area contributed by atoms with Crippen LogP contribution in [0.25, 0.3) is 0 Å². The van der Waals surface area contributed by atoms with Crippen molar-refractivity contribution in [2.75, 3.05) is 13.1 Å². The van der Waals surface area contributed by atoms with Gasteiger partial charge in [0.05, 0.1) is 12.6 Å². The number of Topliss-reactive ketones (excluding diaryl/α,β-unsaturated/α-hetero) is 1. The van der Waals surface area contributed by atoms with Crippen molar-refractivity contribution >= 4 is 17.9 Å². The van der Waals surface area contributed by atoms with E-state index in [9.17, 15) is 9.59 Å². The van der Waals surface area contributed by atoms with E-state index >= 15 is 0 Å². The molecular weight excluding hydrogens is 316 g/mol. The number of nitrogens with two attached hydrogens (primary N) is 1. The lowest BCUT2D eigenvalue weighted by molar-refractivity contribution is -0.133. The van der Waals surface area contributed by atoms with Gasteiger partial charge in [-0.2, -0.15) is 0 Å². The van der Waals surface area contributed by atoms with Gasteiger partial charge in [0.1, 0.15) is 5.69 Å². The Morgan fingerprint density at radius 1 is 1.32 bits per heavy atom. The van der Waals surface area contributed by atoms with E-state index in [1.807, 2.05) is 17.2 Å². The maximum absolute atomic E-state index is 12.6. The Hall–Kier alpha value is -2.08. The number of fused-ring (bicyclic) bond motifs is 1. The van der Waals surface area contributed by atoms with Gasteiger partial charge in [0.25, 0.3) is 0 Å². The van der Waals surface area contributed by atoms with Crippen LogP contribution in [0.5, 0.6) is 0 Å². The summed E-state index contributed by atoms with van der Waals surface area (Å²) in [6, 6.07) is 1.41. The van der Waals surface area contributed by atoms with Crippen LogP contribution in [0.15, 0.2) is 17.3 Å². The summed E-state index contributed by atoms with van der Waals surface area (Å²) in [5.74, 6) is 0.844. The fourth-order valence-electron chi connectivity index (χ4n) is 3.69. The second kappa shape index (κ2) is 7.44. The zero-order chi connectivity index (χ0) is 18.0. The first kappa shape index (κ1) is 17.7. The Balaban J connectivity index is 1.54. The van der Waals surface area contributed by atoms with Gasteiger partial charge in [-0.05, 0) is 37.7 Å². The topological polar surface area (TPSA) is 88.7 Å². The van der Waals surface area contributed by atoms with E-state index in [2.05, 4.69) is 16.9 Å². The molecule has 1 amide bonds. The molecule has 2 atom stereocenters. The second-order valence-electron chi connectivity index (χ2n) is 7.29. The molecule has 1 fully saturated rings. The maximum Gasteiger partial charge on any atom is 0.239 e. The van der Waals surface area contributed by atoms with Crippen molar-refractivity contribution in [2.24, 2.45) is 22.6 Å². The Kier molecular flexibility index (Phi) is 5.27.